The summed E-state index contributed by atoms with van der Waals surface area (Å²) in [5.41, 5.74) is -0.369. The molecule has 0 atom stereocenters. The molecule has 0 unspecified atom stereocenters. The average Bonchev–Trinajstić information content (AvgIpc) is 2.45. The molecular formula is C13H6Br2N2O5. The Labute approximate surface area is 140 Å². The Morgan fingerprint density at radius 2 is 1.14 bits per heavy atom. The van der Waals surface area contributed by atoms with Crippen LogP contribution in [0.25, 0.3) is 0 Å². The Kier molecular flexibility index (Phi) is 4.67. The number of non-ortho nitro benzene ring substituents is 2. The SMILES string of the molecule is O=C(c1cc(Br)cc([N+](=O)[O-])c1)c1cc(Br)cc([N+](=O)[O-])c1. The fourth-order valence-electron chi connectivity index (χ4n) is 1.79. The van der Waals surface area contributed by atoms with Crippen molar-refractivity contribution in [2.75, 3.05) is 0 Å². The van der Waals surface area contributed by atoms with E-state index in [-0.39, 0.29) is 22.5 Å². The maximum atomic E-state index is 12.4. The third-order valence-electron chi connectivity index (χ3n) is 2.71. The second kappa shape index (κ2) is 6.32. The minimum absolute atomic E-state index is 0.0634. The maximum Gasteiger partial charge on any atom is 0.271 e. The van der Waals surface area contributed by atoms with Crippen LogP contribution in [-0.4, -0.2) is 15.6 Å². The van der Waals surface area contributed by atoms with Gasteiger partial charge in [-0.1, -0.05) is 31.9 Å². The molecule has 0 aliphatic heterocycles. The Morgan fingerprint density at radius 1 is 0.773 bits per heavy atom. The highest BCUT2D eigenvalue weighted by Gasteiger charge is 2.18. The number of hydrogen-bond acceptors (Lipinski definition) is 5. The first kappa shape index (κ1) is 16.2. The van der Waals surface area contributed by atoms with Crippen LogP contribution in [-0.2, 0) is 0 Å². The van der Waals surface area contributed by atoms with Crippen molar-refractivity contribution >= 4 is 49.0 Å². The largest absolute Gasteiger partial charge is 0.289 e. The van der Waals surface area contributed by atoms with Crippen LogP contribution >= 0.6 is 31.9 Å². The zero-order valence-corrected chi connectivity index (χ0v) is 13.8. The highest BCUT2D eigenvalue weighted by molar-refractivity contribution is 9.10. The second-order valence-corrected chi connectivity index (χ2v) is 6.07. The number of carbonyl (C=O) groups excluding carboxylic acids is 1. The van der Waals surface area contributed by atoms with Crippen LogP contribution in [0.15, 0.2) is 45.3 Å². The molecule has 7 nitrogen and oxygen atoms in total. The van der Waals surface area contributed by atoms with Gasteiger partial charge in [0.15, 0.2) is 5.78 Å². The Morgan fingerprint density at radius 3 is 1.45 bits per heavy atom. The Bertz CT molecular complexity index is 742. The molecule has 112 valence electrons. The lowest BCUT2D eigenvalue weighted by Crippen LogP contribution is -2.03. The van der Waals surface area contributed by atoms with E-state index in [4.69, 9.17) is 0 Å². The number of nitro groups is 2. The molecule has 0 saturated carbocycles. The van der Waals surface area contributed by atoms with E-state index in [1.807, 2.05) is 0 Å². The molecule has 0 bridgehead atoms. The summed E-state index contributed by atoms with van der Waals surface area (Å²) >= 11 is 6.20. The Hall–Kier alpha value is -2.13. The van der Waals surface area contributed by atoms with Crippen LogP contribution in [0.5, 0.6) is 0 Å². The van der Waals surface area contributed by atoms with E-state index in [1.165, 1.54) is 24.3 Å². The molecule has 0 aliphatic rings. The van der Waals surface area contributed by atoms with Crippen LogP contribution in [0, 0.1) is 20.2 Å². The highest BCUT2D eigenvalue weighted by Crippen LogP contribution is 2.26. The molecule has 0 N–H and O–H groups in total. The smallest absolute Gasteiger partial charge is 0.271 e. The van der Waals surface area contributed by atoms with E-state index < -0.39 is 15.6 Å². The molecule has 0 fully saturated rings. The van der Waals surface area contributed by atoms with Crippen LogP contribution in [0.1, 0.15) is 15.9 Å². The minimum atomic E-state index is -0.620. The average molecular weight is 430 g/mol. The molecule has 0 heterocycles. The van der Waals surface area contributed by atoms with Gasteiger partial charge < -0.3 is 0 Å². The van der Waals surface area contributed by atoms with Crippen molar-refractivity contribution in [1.82, 2.24) is 0 Å². The predicted octanol–water partition coefficient (Wildman–Crippen LogP) is 4.26. The minimum Gasteiger partial charge on any atom is -0.289 e. The van der Waals surface area contributed by atoms with Crippen LogP contribution in [0.4, 0.5) is 11.4 Å². The second-order valence-electron chi connectivity index (χ2n) is 4.24. The Balaban J connectivity index is 2.53. The number of rotatable bonds is 4. The number of benzene rings is 2. The lowest BCUT2D eigenvalue weighted by molar-refractivity contribution is -0.385. The van der Waals surface area contributed by atoms with Gasteiger partial charge in [0.2, 0.25) is 0 Å². The van der Waals surface area contributed by atoms with Gasteiger partial charge in [0.25, 0.3) is 11.4 Å². The molecule has 0 radical (unpaired) electrons. The summed E-state index contributed by atoms with van der Waals surface area (Å²) < 4.78 is 0.740. The van der Waals surface area contributed by atoms with Gasteiger partial charge in [0, 0.05) is 44.3 Å². The molecular weight excluding hydrogens is 424 g/mol. The van der Waals surface area contributed by atoms with Crippen molar-refractivity contribution in [1.29, 1.82) is 0 Å². The first-order chi connectivity index (χ1) is 10.3. The van der Waals surface area contributed by atoms with Gasteiger partial charge in [-0.25, -0.2) is 0 Å². The number of ketones is 1. The van der Waals surface area contributed by atoms with Crippen molar-refractivity contribution in [2.45, 2.75) is 0 Å². The fraction of sp³-hybridized carbons (Fsp3) is 0. The molecule has 0 amide bonds. The maximum absolute atomic E-state index is 12.4. The first-order valence-electron chi connectivity index (χ1n) is 5.72. The van der Waals surface area contributed by atoms with E-state index >= 15 is 0 Å². The molecule has 2 aromatic carbocycles. The predicted molar refractivity (Wildman–Crippen MR) is 85.0 cm³/mol. The standard InChI is InChI=1S/C13H6Br2N2O5/c14-9-1-7(3-11(5-9)16(19)20)13(18)8-2-10(15)6-12(4-8)17(21)22/h1-6H. The lowest BCUT2D eigenvalue weighted by Gasteiger charge is -2.04. The summed E-state index contributed by atoms with van der Waals surface area (Å²) in [6.07, 6.45) is 0. The molecule has 0 aromatic heterocycles. The fourth-order valence-corrected chi connectivity index (χ4v) is 2.75. The summed E-state index contributed by atoms with van der Waals surface area (Å²) in [5, 5.41) is 21.7. The number of halogens is 2. The van der Waals surface area contributed by atoms with Gasteiger partial charge in [-0.2, -0.15) is 0 Å². The third-order valence-corrected chi connectivity index (χ3v) is 3.63. The van der Waals surface area contributed by atoms with E-state index in [1.54, 1.807) is 0 Å². The van der Waals surface area contributed by atoms with Crippen LogP contribution in [0.3, 0.4) is 0 Å². The van der Waals surface area contributed by atoms with Gasteiger partial charge in [-0.3, -0.25) is 25.0 Å². The zero-order chi connectivity index (χ0) is 16.4. The molecule has 9 heteroatoms. The number of nitrogens with zero attached hydrogens (tertiary/aromatic N) is 2. The van der Waals surface area contributed by atoms with Gasteiger partial charge in [0.1, 0.15) is 0 Å². The summed E-state index contributed by atoms with van der Waals surface area (Å²) in [6, 6.07) is 7.62. The van der Waals surface area contributed by atoms with Gasteiger partial charge in [-0.05, 0) is 12.1 Å². The zero-order valence-electron chi connectivity index (χ0n) is 10.7. The monoisotopic (exact) mass is 428 g/mol. The molecule has 2 rings (SSSR count). The summed E-state index contributed by atoms with van der Waals surface area (Å²) in [6.45, 7) is 0. The summed E-state index contributed by atoms with van der Waals surface area (Å²) in [7, 11) is 0. The van der Waals surface area contributed by atoms with Crippen LogP contribution in [0.2, 0.25) is 0 Å². The molecule has 22 heavy (non-hydrogen) atoms. The molecule has 2 aromatic rings. The topological polar surface area (TPSA) is 103 Å². The third kappa shape index (κ3) is 3.55. The van der Waals surface area contributed by atoms with Gasteiger partial charge in [-0.15, -0.1) is 0 Å². The van der Waals surface area contributed by atoms with Gasteiger partial charge in [0.05, 0.1) is 9.85 Å². The lowest BCUT2D eigenvalue weighted by atomic mass is 10.0. The molecule has 0 spiro atoms. The van der Waals surface area contributed by atoms with E-state index in [2.05, 4.69) is 31.9 Å². The van der Waals surface area contributed by atoms with Crippen molar-refractivity contribution < 1.29 is 14.6 Å². The summed E-state index contributed by atoms with van der Waals surface area (Å²) in [5.74, 6) is -0.547. The van der Waals surface area contributed by atoms with Crippen molar-refractivity contribution in [2.24, 2.45) is 0 Å². The number of hydrogen-bond donors (Lipinski definition) is 0. The van der Waals surface area contributed by atoms with Crippen molar-refractivity contribution in [3.63, 3.8) is 0 Å². The van der Waals surface area contributed by atoms with E-state index in [0.717, 1.165) is 12.1 Å². The van der Waals surface area contributed by atoms with E-state index in [0.29, 0.717) is 8.95 Å². The molecule has 0 aliphatic carbocycles. The number of carbonyl (C=O) groups is 1. The van der Waals surface area contributed by atoms with Crippen molar-refractivity contribution in [3.05, 3.63) is 76.7 Å². The van der Waals surface area contributed by atoms with Crippen molar-refractivity contribution in [3.8, 4) is 0 Å². The normalized spacial score (nSPS) is 10.3. The van der Waals surface area contributed by atoms with Crippen LogP contribution < -0.4 is 0 Å². The molecule has 0 saturated heterocycles. The quantitative estimate of drug-likeness (QED) is 0.410. The first-order valence-corrected chi connectivity index (χ1v) is 7.31. The summed E-state index contributed by atoms with van der Waals surface area (Å²) in [4.78, 5) is 32.9. The van der Waals surface area contributed by atoms with Gasteiger partial charge >= 0.3 is 0 Å². The number of nitro benzene ring substituents is 2. The van der Waals surface area contributed by atoms with E-state index in [9.17, 15) is 25.0 Å². The highest BCUT2D eigenvalue weighted by atomic mass is 79.9.